The Balaban J connectivity index is 2.18. The predicted molar refractivity (Wildman–Crippen MR) is 67.8 cm³/mol. The van der Waals surface area contributed by atoms with Gasteiger partial charge in [0.1, 0.15) is 0 Å². The van der Waals surface area contributed by atoms with Crippen LogP contribution in [-0.2, 0) is 6.42 Å². The minimum Gasteiger partial charge on any atom is -0.388 e. The van der Waals surface area contributed by atoms with Crippen molar-refractivity contribution in [3.05, 3.63) is 30.1 Å². The van der Waals surface area contributed by atoms with Gasteiger partial charge in [-0.15, -0.1) is 0 Å². The van der Waals surface area contributed by atoms with Crippen LogP contribution in [0.4, 0.5) is 5.69 Å². The summed E-state index contributed by atoms with van der Waals surface area (Å²) in [5.74, 6) is 1.89. The van der Waals surface area contributed by atoms with Gasteiger partial charge in [0.25, 0.3) is 5.89 Å². The van der Waals surface area contributed by atoms with Gasteiger partial charge in [-0.2, -0.15) is 4.98 Å². The van der Waals surface area contributed by atoms with Gasteiger partial charge in [0.05, 0.1) is 0 Å². The third-order valence-corrected chi connectivity index (χ3v) is 2.48. The molecule has 0 atom stereocenters. The summed E-state index contributed by atoms with van der Waals surface area (Å²) in [6.07, 6.45) is 0.845. The lowest BCUT2D eigenvalue weighted by Crippen LogP contribution is -1.95. The van der Waals surface area contributed by atoms with Crippen LogP contribution < -0.4 is 5.32 Å². The monoisotopic (exact) mass is 231 g/mol. The number of aromatic nitrogens is 2. The standard InChI is InChI=1S/C13H17N3O/c1-9(2)8-12-15-13(17-16-12)10-4-6-11(14-3)7-5-10/h4-7,9,14H,8H2,1-3H3. The van der Waals surface area contributed by atoms with Gasteiger partial charge in [-0.05, 0) is 30.2 Å². The molecule has 0 amide bonds. The lowest BCUT2D eigenvalue weighted by Gasteiger charge is -1.99. The van der Waals surface area contributed by atoms with Crippen LogP contribution in [0.15, 0.2) is 28.8 Å². The Morgan fingerprint density at radius 3 is 2.53 bits per heavy atom. The molecule has 2 rings (SSSR count). The second-order valence-corrected chi connectivity index (χ2v) is 4.44. The summed E-state index contributed by atoms with van der Waals surface area (Å²) in [7, 11) is 1.89. The maximum Gasteiger partial charge on any atom is 0.257 e. The van der Waals surface area contributed by atoms with E-state index in [1.807, 2.05) is 31.3 Å². The molecule has 0 aliphatic rings. The third-order valence-electron chi connectivity index (χ3n) is 2.48. The zero-order valence-corrected chi connectivity index (χ0v) is 10.4. The zero-order valence-electron chi connectivity index (χ0n) is 10.4. The van der Waals surface area contributed by atoms with Gasteiger partial charge >= 0.3 is 0 Å². The molecule has 0 aliphatic heterocycles. The maximum atomic E-state index is 5.24. The first kappa shape index (κ1) is 11.6. The van der Waals surface area contributed by atoms with E-state index in [9.17, 15) is 0 Å². The highest BCUT2D eigenvalue weighted by Gasteiger charge is 2.09. The number of hydrogen-bond acceptors (Lipinski definition) is 4. The Labute approximate surface area is 101 Å². The average molecular weight is 231 g/mol. The molecule has 0 saturated carbocycles. The van der Waals surface area contributed by atoms with Gasteiger partial charge in [0.2, 0.25) is 0 Å². The summed E-state index contributed by atoms with van der Waals surface area (Å²) in [6.45, 7) is 4.27. The summed E-state index contributed by atoms with van der Waals surface area (Å²) in [5, 5.41) is 7.04. The largest absolute Gasteiger partial charge is 0.388 e. The van der Waals surface area contributed by atoms with Crippen molar-refractivity contribution in [1.82, 2.24) is 10.1 Å². The summed E-state index contributed by atoms with van der Waals surface area (Å²) in [4.78, 5) is 4.38. The second-order valence-electron chi connectivity index (χ2n) is 4.44. The maximum absolute atomic E-state index is 5.24. The minimum atomic E-state index is 0.534. The lowest BCUT2D eigenvalue weighted by atomic mass is 10.1. The lowest BCUT2D eigenvalue weighted by molar-refractivity contribution is 0.418. The molecule has 1 heterocycles. The molecule has 0 spiro atoms. The van der Waals surface area contributed by atoms with E-state index in [4.69, 9.17) is 4.52 Å². The quantitative estimate of drug-likeness (QED) is 0.878. The van der Waals surface area contributed by atoms with E-state index in [0.29, 0.717) is 11.8 Å². The highest BCUT2D eigenvalue weighted by molar-refractivity contribution is 5.58. The summed E-state index contributed by atoms with van der Waals surface area (Å²) in [6, 6.07) is 7.92. The fourth-order valence-electron chi connectivity index (χ4n) is 1.60. The number of nitrogens with zero attached hydrogens (tertiary/aromatic N) is 2. The van der Waals surface area contributed by atoms with Crippen LogP contribution in [0, 0.1) is 5.92 Å². The Bertz CT molecular complexity index is 474. The van der Waals surface area contributed by atoms with Crippen LogP contribution in [0.3, 0.4) is 0 Å². The smallest absolute Gasteiger partial charge is 0.257 e. The van der Waals surface area contributed by atoms with Crippen LogP contribution in [0.5, 0.6) is 0 Å². The van der Waals surface area contributed by atoms with Crippen LogP contribution in [0.2, 0.25) is 0 Å². The molecule has 90 valence electrons. The number of rotatable bonds is 4. The molecule has 1 aromatic heterocycles. The fraction of sp³-hybridized carbons (Fsp3) is 0.385. The molecule has 0 bridgehead atoms. The Morgan fingerprint density at radius 2 is 1.94 bits per heavy atom. The highest BCUT2D eigenvalue weighted by Crippen LogP contribution is 2.20. The van der Waals surface area contributed by atoms with E-state index < -0.39 is 0 Å². The van der Waals surface area contributed by atoms with Gasteiger partial charge in [-0.25, -0.2) is 0 Å². The number of anilines is 1. The first-order valence-corrected chi connectivity index (χ1v) is 5.80. The Kier molecular flexibility index (Phi) is 3.42. The van der Waals surface area contributed by atoms with E-state index in [1.54, 1.807) is 0 Å². The van der Waals surface area contributed by atoms with Crippen LogP contribution >= 0.6 is 0 Å². The second kappa shape index (κ2) is 4.99. The Hall–Kier alpha value is -1.84. The van der Waals surface area contributed by atoms with E-state index >= 15 is 0 Å². The van der Waals surface area contributed by atoms with E-state index in [0.717, 1.165) is 23.5 Å². The molecule has 0 fully saturated rings. The van der Waals surface area contributed by atoms with Crippen molar-refractivity contribution in [2.75, 3.05) is 12.4 Å². The molecule has 0 unspecified atom stereocenters. The topological polar surface area (TPSA) is 51.0 Å². The van der Waals surface area contributed by atoms with E-state index in [-0.39, 0.29) is 0 Å². The number of benzene rings is 1. The molecule has 17 heavy (non-hydrogen) atoms. The SMILES string of the molecule is CNc1ccc(-c2nc(CC(C)C)no2)cc1. The van der Waals surface area contributed by atoms with E-state index in [1.165, 1.54) is 0 Å². The van der Waals surface area contributed by atoms with Gasteiger partial charge in [-0.3, -0.25) is 0 Å². The van der Waals surface area contributed by atoms with Crippen molar-refractivity contribution in [3.8, 4) is 11.5 Å². The highest BCUT2D eigenvalue weighted by atomic mass is 16.5. The normalized spacial score (nSPS) is 10.8. The van der Waals surface area contributed by atoms with Crippen molar-refractivity contribution >= 4 is 5.69 Å². The molecule has 4 nitrogen and oxygen atoms in total. The molecule has 1 N–H and O–H groups in total. The van der Waals surface area contributed by atoms with Crippen molar-refractivity contribution < 1.29 is 4.52 Å². The minimum absolute atomic E-state index is 0.534. The van der Waals surface area contributed by atoms with Gasteiger partial charge in [0, 0.05) is 24.7 Å². The fourth-order valence-corrected chi connectivity index (χ4v) is 1.60. The number of nitrogens with one attached hydrogen (secondary N) is 1. The van der Waals surface area contributed by atoms with Crippen molar-refractivity contribution in [2.24, 2.45) is 5.92 Å². The van der Waals surface area contributed by atoms with E-state index in [2.05, 4.69) is 29.3 Å². The van der Waals surface area contributed by atoms with Gasteiger partial charge in [-0.1, -0.05) is 19.0 Å². The zero-order chi connectivity index (χ0) is 12.3. The molecule has 0 saturated heterocycles. The van der Waals surface area contributed by atoms with Crippen molar-refractivity contribution in [1.29, 1.82) is 0 Å². The van der Waals surface area contributed by atoms with Gasteiger partial charge in [0.15, 0.2) is 5.82 Å². The number of hydrogen-bond donors (Lipinski definition) is 1. The molecular formula is C13H17N3O. The summed E-state index contributed by atoms with van der Waals surface area (Å²) in [5.41, 5.74) is 2.02. The first-order chi connectivity index (χ1) is 8.19. The van der Waals surface area contributed by atoms with Crippen molar-refractivity contribution in [2.45, 2.75) is 20.3 Å². The van der Waals surface area contributed by atoms with Crippen LogP contribution in [0.1, 0.15) is 19.7 Å². The van der Waals surface area contributed by atoms with Crippen molar-refractivity contribution in [3.63, 3.8) is 0 Å². The van der Waals surface area contributed by atoms with Gasteiger partial charge < -0.3 is 9.84 Å². The molecule has 1 aromatic carbocycles. The molecule has 2 aromatic rings. The van der Waals surface area contributed by atoms with Crippen LogP contribution in [-0.4, -0.2) is 17.2 Å². The first-order valence-electron chi connectivity index (χ1n) is 5.80. The summed E-state index contributed by atoms with van der Waals surface area (Å²) < 4.78 is 5.24. The Morgan fingerprint density at radius 1 is 1.24 bits per heavy atom. The third kappa shape index (κ3) is 2.84. The van der Waals surface area contributed by atoms with Crippen LogP contribution in [0.25, 0.3) is 11.5 Å². The molecule has 0 aliphatic carbocycles. The molecular weight excluding hydrogens is 214 g/mol. The average Bonchev–Trinajstić information content (AvgIpc) is 2.77. The molecule has 4 heteroatoms. The molecule has 0 radical (unpaired) electrons. The predicted octanol–water partition coefficient (Wildman–Crippen LogP) is 2.98. The summed E-state index contributed by atoms with van der Waals surface area (Å²) >= 11 is 0.